The van der Waals surface area contributed by atoms with Gasteiger partial charge in [-0.25, -0.2) is 4.39 Å². The first kappa shape index (κ1) is 23.0. The summed E-state index contributed by atoms with van der Waals surface area (Å²) in [5.74, 6) is -1.47. The van der Waals surface area contributed by atoms with Crippen molar-refractivity contribution < 1.29 is 28.6 Å². The van der Waals surface area contributed by atoms with E-state index in [1.54, 1.807) is 54.6 Å². The van der Waals surface area contributed by atoms with E-state index in [1.807, 2.05) is 6.92 Å². The van der Waals surface area contributed by atoms with E-state index in [-0.39, 0.29) is 17.0 Å². The monoisotopic (exact) mass is 461 g/mol. The van der Waals surface area contributed by atoms with E-state index in [9.17, 15) is 19.1 Å². The molecule has 1 unspecified atom stereocenters. The lowest BCUT2D eigenvalue weighted by atomic mass is 9.95. The smallest absolute Gasteiger partial charge is 0.300 e. The molecule has 1 amide bonds. The molecule has 1 saturated heterocycles. The molecule has 34 heavy (non-hydrogen) atoms. The quantitative estimate of drug-likeness (QED) is 0.296. The van der Waals surface area contributed by atoms with Crippen LogP contribution >= 0.6 is 0 Å². The van der Waals surface area contributed by atoms with Crippen LogP contribution in [0.3, 0.4) is 0 Å². The highest BCUT2D eigenvalue weighted by molar-refractivity contribution is 6.51. The first-order valence-electron chi connectivity index (χ1n) is 10.9. The lowest BCUT2D eigenvalue weighted by Crippen LogP contribution is -2.29. The van der Waals surface area contributed by atoms with Crippen molar-refractivity contribution in [1.82, 2.24) is 0 Å². The van der Waals surface area contributed by atoms with E-state index < -0.39 is 23.5 Å². The lowest BCUT2D eigenvalue weighted by Gasteiger charge is -2.25. The second-order valence-electron chi connectivity index (χ2n) is 7.80. The second kappa shape index (κ2) is 9.79. The van der Waals surface area contributed by atoms with Gasteiger partial charge in [0.15, 0.2) is 0 Å². The van der Waals surface area contributed by atoms with Gasteiger partial charge < -0.3 is 14.6 Å². The van der Waals surface area contributed by atoms with Gasteiger partial charge in [0, 0.05) is 11.3 Å². The maximum absolute atomic E-state index is 14.0. The Morgan fingerprint density at radius 1 is 1.00 bits per heavy atom. The van der Waals surface area contributed by atoms with Crippen LogP contribution in [0.25, 0.3) is 5.76 Å². The number of methoxy groups -OCH3 is 1. The fourth-order valence-electron chi connectivity index (χ4n) is 3.94. The van der Waals surface area contributed by atoms with Crippen molar-refractivity contribution in [2.24, 2.45) is 0 Å². The van der Waals surface area contributed by atoms with Crippen molar-refractivity contribution in [3.05, 3.63) is 95.3 Å². The van der Waals surface area contributed by atoms with Crippen LogP contribution in [-0.2, 0) is 9.59 Å². The molecular formula is C27H24FNO5. The Morgan fingerprint density at radius 3 is 2.41 bits per heavy atom. The molecule has 1 aliphatic rings. The average Bonchev–Trinajstić information content (AvgIpc) is 3.12. The highest BCUT2D eigenvalue weighted by Crippen LogP contribution is 2.42. The number of aliphatic hydroxyl groups excluding tert-OH is 1. The predicted octanol–water partition coefficient (Wildman–Crippen LogP) is 5.25. The number of aliphatic hydroxyl groups is 1. The van der Waals surface area contributed by atoms with Crippen LogP contribution in [0.15, 0.2) is 78.4 Å². The summed E-state index contributed by atoms with van der Waals surface area (Å²) in [7, 11) is 1.53. The zero-order chi connectivity index (χ0) is 24.2. The van der Waals surface area contributed by atoms with Crippen LogP contribution in [0.5, 0.6) is 11.5 Å². The number of ketones is 1. The van der Waals surface area contributed by atoms with Gasteiger partial charge in [-0.05, 0) is 54.4 Å². The van der Waals surface area contributed by atoms with E-state index in [0.717, 1.165) is 6.42 Å². The predicted molar refractivity (Wildman–Crippen MR) is 126 cm³/mol. The summed E-state index contributed by atoms with van der Waals surface area (Å²) in [4.78, 5) is 27.5. The molecule has 1 N–H and O–H groups in total. The van der Waals surface area contributed by atoms with Gasteiger partial charge in [-0.15, -0.1) is 0 Å². The Hall–Kier alpha value is -4.13. The van der Waals surface area contributed by atoms with E-state index in [2.05, 4.69) is 0 Å². The molecule has 0 aliphatic carbocycles. The molecule has 0 aromatic heterocycles. The average molecular weight is 461 g/mol. The van der Waals surface area contributed by atoms with E-state index in [1.165, 1.54) is 30.2 Å². The second-order valence-corrected chi connectivity index (χ2v) is 7.80. The molecule has 7 heteroatoms. The van der Waals surface area contributed by atoms with E-state index >= 15 is 0 Å². The first-order valence-corrected chi connectivity index (χ1v) is 10.9. The van der Waals surface area contributed by atoms with Gasteiger partial charge in [0.25, 0.3) is 11.7 Å². The van der Waals surface area contributed by atoms with Crippen molar-refractivity contribution in [3.63, 3.8) is 0 Å². The van der Waals surface area contributed by atoms with Gasteiger partial charge >= 0.3 is 0 Å². The third-order valence-corrected chi connectivity index (χ3v) is 5.54. The minimum atomic E-state index is -0.965. The molecule has 3 aromatic rings. The summed E-state index contributed by atoms with van der Waals surface area (Å²) in [6, 6.07) is 18.0. The summed E-state index contributed by atoms with van der Waals surface area (Å²) >= 11 is 0. The topological polar surface area (TPSA) is 76.1 Å². The fourth-order valence-corrected chi connectivity index (χ4v) is 3.94. The van der Waals surface area contributed by atoms with Crippen molar-refractivity contribution in [2.75, 3.05) is 18.6 Å². The number of rotatable bonds is 7. The number of carbonyl (C=O) groups excluding carboxylic acids is 2. The molecular weight excluding hydrogens is 437 g/mol. The molecule has 0 saturated carbocycles. The molecule has 0 spiro atoms. The highest BCUT2D eigenvalue weighted by Gasteiger charge is 2.47. The van der Waals surface area contributed by atoms with Crippen LogP contribution in [0.2, 0.25) is 0 Å². The Kier molecular flexibility index (Phi) is 6.63. The molecule has 6 nitrogen and oxygen atoms in total. The largest absolute Gasteiger partial charge is 0.507 e. The van der Waals surface area contributed by atoms with Gasteiger partial charge in [0.1, 0.15) is 23.1 Å². The molecule has 174 valence electrons. The van der Waals surface area contributed by atoms with Gasteiger partial charge in [-0.2, -0.15) is 0 Å². The minimum Gasteiger partial charge on any atom is -0.507 e. The van der Waals surface area contributed by atoms with Crippen LogP contribution in [0.4, 0.5) is 10.1 Å². The summed E-state index contributed by atoms with van der Waals surface area (Å²) in [5, 5.41) is 11.2. The summed E-state index contributed by atoms with van der Waals surface area (Å²) in [6.07, 6.45) is 0.812. The number of ether oxygens (including phenoxy) is 2. The van der Waals surface area contributed by atoms with Gasteiger partial charge in [0.05, 0.1) is 25.3 Å². The zero-order valence-electron chi connectivity index (χ0n) is 18.8. The van der Waals surface area contributed by atoms with Crippen LogP contribution in [-0.4, -0.2) is 30.5 Å². The Balaban J connectivity index is 1.88. The number of carbonyl (C=O) groups is 2. The molecule has 0 radical (unpaired) electrons. The van der Waals surface area contributed by atoms with Gasteiger partial charge in [-0.3, -0.25) is 14.5 Å². The van der Waals surface area contributed by atoms with Crippen molar-refractivity contribution >= 4 is 23.1 Å². The highest BCUT2D eigenvalue weighted by atomic mass is 19.1. The molecule has 1 aliphatic heterocycles. The SMILES string of the molecule is CCCOc1cccc(/C(O)=C2\C(=O)C(=O)N(c3cccc(F)c3)C2c2ccc(OC)cc2)c1. The third kappa shape index (κ3) is 4.37. The molecule has 3 aromatic carbocycles. The number of Topliss-reactive ketones (excluding diaryl/α,β-unsaturated/α-hetero) is 1. The number of benzene rings is 3. The van der Waals surface area contributed by atoms with Gasteiger partial charge in [0.2, 0.25) is 0 Å². The fraction of sp³-hybridized carbons (Fsp3) is 0.185. The van der Waals surface area contributed by atoms with Gasteiger partial charge in [-0.1, -0.05) is 37.3 Å². The van der Waals surface area contributed by atoms with Crippen molar-refractivity contribution in [3.8, 4) is 11.5 Å². The molecule has 1 atom stereocenters. The maximum Gasteiger partial charge on any atom is 0.300 e. The Labute approximate surface area is 196 Å². The summed E-state index contributed by atoms with van der Waals surface area (Å²) < 4.78 is 24.9. The number of hydrogen-bond acceptors (Lipinski definition) is 5. The standard InChI is InChI=1S/C27H24FNO5/c1-3-14-34-22-9-4-6-18(15-22)25(30)23-24(17-10-12-21(33-2)13-11-17)29(27(32)26(23)31)20-8-5-7-19(28)16-20/h4-13,15-16,24,30H,3,14H2,1-2H3/b25-23+. The molecule has 4 rings (SSSR count). The summed E-state index contributed by atoms with van der Waals surface area (Å²) in [6.45, 7) is 2.48. The number of hydrogen-bond donors (Lipinski definition) is 1. The summed E-state index contributed by atoms with van der Waals surface area (Å²) in [5.41, 5.74) is 1.02. The zero-order valence-corrected chi connectivity index (χ0v) is 18.8. The first-order chi connectivity index (χ1) is 16.4. The van der Waals surface area contributed by atoms with Crippen LogP contribution in [0, 0.1) is 5.82 Å². The molecule has 1 fully saturated rings. The normalized spacial score (nSPS) is 17.1. The Bertz CT molecular complexity index is 1250. The Morgan fingerprint density at radius 2 is 1.74 bits per heavy atom. The number of anilines is 1. The number of halogens is 1. The number of amides is 1. The van der Waals surface area contributed by atoms with Crippen LogP contribution in [0.1, 0.15) is 30.5 Å². The maximum atomic E-state index is 14.0. The van der Waals surface area contributed by atoms with E-state index in [4.69, 9.17) is 9.47 Å². The third-order valence-electron chi connectivity index (χ3n) is 5.54. The van der Waals surface area contributed by atoms with Crippen molar-refractivity contribution in [2.45, 2.75) is 19.4 Å². The van der Waals surface area contributed by atoms with E-state index in [0.29, 0.717) is 29.2 Å². The lowest BCUT2D eigenvalue weighted by molar-refractivity contribution is -0.132. The van der Waals surface area contributed by atoms with Crippen molar-refractivity contribution in [1.29, 1.82) is 0 Å². The minimum absolute atomic E-state index is 0.0907. The van der Waals surface area contributed by atoms with Crippen LogP contribution < -0.4 is 14.4 Å². The number of nitrogens with zero attached hydrogens (tertiary/aromatic N) is 1. The molecule has 0 bridgehead atoms. The molecule has 1 heterocycles.